The normalized spacial score (nSPS) is 25.0. The maximum Gasteiger partial charge on any atom is 0.103 e. The van der Waals surface area contributed by atoms with Crippen LogP contribution in [0.1, 0.15) is 25.0 Å². The first kappa shape index (κ1) is 13.5. The van der Waals surface area contributed by atoms with Crippen molar-refractivity contribution in [3.05, 3.63) is 35.4 Å². The lowest BCUT2D eigenvalue weighted by atomic mass is 10.1. The van der Waals surface area contributed by atoms with Gasteiger partial charge in [0, 0.05) is 25.2 Å². The Morgan fingerprint density at radius 3 is 2.67 bits per heavy atom. The molecule has 0 spiro atoms. The van der Waals surface area contributed by atoms with Gasteiger partial charge in [-0.3, -0.25) is 4.90 Å². The third-order valence-corrected chi connectivity index (χ3v) is 3.35. The minimum Gasteiger partial charge on any atom is -0.389 e. The molecule has 1 fully saturated rings. The molecule has 1 heterocycles. The quantitative estimate of drug-likeness (QED) is 0.847. The van der Waals surface area contributed by atoms with Gasteiger partial charge in [-0.05, 0) is 25.5 Å². The summed E-state index contributed by atoms with van der Waals surface area (Å²) >= 11 is 5.01. The summed E-state index contributed by atoms with van der Waals surface area (Å²) in [5.74, 6) is 0. The van der Waals surface area contributed by atoms with E-state index in [1.807, 2.05) is 12.1 Å². The van der Waals surface area contributed by atoms with Gasteiger partial charge in [0.25, 0.3) is 0 Å². The van der Waals surface area contributed by atoms with Crippen molar-refractivity contribution >= 4 is 17.2 Å². The molecule has 0 unspecified atom stereocenters. The van der Waals surface area contributed by atoms with E-state index in [0.29, 0.717) is 17.2 Å². The number of nitrogens with two attached hydrogens (primary N) is 1. The Kier molecular flexibility index (Phi) is 4.32. The van der Waals surface area contributed by atoms with E-state index in [1.54, 1.807) is 0 Å². The molecule has 0 aliphatic carbocycles. The Bertz CT molecular complexity index is 426. The highest BCUT2D eigenvalue weighted by Gasteiger charge is 2.21. The van der Waals surface area contributed by atoms with Crippen molar-refractivity contribution in [1.82, 2.24) is 4.90 Å². The van der Waals surface area contributed by atoms with E-state index in [1.165, 1.54) is 5.56 Å². The number of hydrogen-bond donors (Lipinski definition) is 1. The molecule has 98 valence electrons. The SMILES string of the molecule is C[C@@H]1CN(Cc2cccc(C(N)=S)c2)C[C@H](C)O1. The van der Waals surface area contributed by atoms with E-state index in [4.69, 9.17) is 22.7 Å². The van der Waals surface area contributed by atoms with Crippen LogP contribution in [0.2, 0.25) is 0 Å². The van der Waals surface area contributed by atoms with Crippen molar-refractivity contribution < 1.29 is 4.74 Å². The minimum absolute atomic E-state index is 0.299. The minimum atomic E-state index is 0.299. The average molecular weight is 264 g/mol. The first-order valence-electron chi connectivity index (χ1n) is 6.31. The van der Waals surface area contributed by atoms with E-state index in [0.717, 1.165) is 25.2 Å². The second kappa shape index (κ2) is 5.78. The lowest BCUT2D eigenvalue weighted by molar-refractivity contribution is -0.0704. The Labute approximate surface area is 114 Å². The van der Waals surface area contributed by atoms with Gasteiger partial charge in [0.05, 0.1) is 12.2 Å². The van der Waals surface area contributed by atoms with Gasteiger partial charge in [-0.15, -0.1) is 0 Å². The zero-order valence-corrected chi connectivity index (χ0v) is 11.7. The number of benzene rings is 1. The third kappa shape index (κ3) is 3.51. The molecule has 1 aromatic carbocycles. The zero-order chi connectivity index (χ0) is 13.1. The van der Waals surface area contributed by atoms with Crippen LogP contribution in [-0.2, 0) is 11.3 Å². The first-order chi connectivity index (χ1) is 8.54. The highest BCUT2D eigenvalue weighted by Crippen LogP contribution is 2.15. The van der Waals surface area contributed by atoms with Crippen LogP contribution in [0.25, 0.3) is 0 Å². The van der Waals surface area contributed by atoms with Crippen molar-refractivity contribution in [1.29, 1.82) is 0 Å². The molecule has 0 aromatic heterocycles. The highest BCUT2D eigenvalue weighted by molar-refractivity contribution is 7.80. The second-order valence-electron chi connectivity index (χ2n) is 5.02. The van der Waals surface area contributed by atoms with E-state index >= 15 is 0 Å². The third-order valence-electron chi connectivity index (χ3n) is 3.11. The van der Waals surface area contributed by atoms with Gasteiger partial charge >= 0.3 is 0 Å². The van der Waals surface area contributed by atoms with Crippen LogP contribution >= 0.6 is 12.2 Å². The predicted molar refractivity (Wildman–Crippen MR) is 77.6 cm³/mol. The van der Waals surface area contributed by atoms with Gasteiger partial charge in [0.15, 0.2) is 0 Å². The molecule has 2 N–H and O–H groups in total. The fraction of sp³-hybridized carbons (Fsp3) is 0.500. The van der Waals surface area contributed by atoms with Gasteiger partial charge in [-0.2, -0.15) is 0 Å². The number of morpholine rings is 1. The Morgan fingerprint density at radius 2 is 2.06 bits per heavy atom. The predicted octanol–water partition coefficient (Wildman–Crippen LogP) is 1.93. The summed E-state index contributed by atoms with van der Waals surface area (Å²) in [6, 6.07) is 8.16. The first-order valence-corrected chi connectivity index (χ1v) is 6.72. The van der Waals surface area contributed by atoms with Gasteiger partial charge in [-0.1, -0.05) is 30.4 Å². The standard InChI is InChI=1S/C14H20N2OS/c1-10-7-16(8-11(2)17-10)9-12-4-3-5-13(6-12)14(15)18/h3-6,10-11H,7-9H2,1-2H3,(H2,15,18)/t10-,11+. The van der Waals surface area contributed by atoms with Gasteiger partial charge in [0.2, 0.25) is 0 Å². The molecule has 2 rings (SSSR count). The molecule has 1 saturated heterocycles. The van der Waals surface area contributed by atoms with Crippen molar-refractivity contribution in [3.63, 3.8) is 0 Å². The summed E-state index contributed by atoms with van der Waals surface area (Å²) < 4.78 is 5.73. The molecule has 0 bridgehead atoms. The summed E-state index contributed by atoms with van der Waals surface area (Å²) in [6.45, 7) is 7.11. The van der Waals surface area contributed by atoms with Crippen LogP contribution in [0.15, 0.2) is 24.3 Å². The summed E-state index contributed by atoms with van der Waals surface area (Å²) in [4.78, 5) is 2.87. The Balaban J connectivity index is 2.04. The fourth-order valence-electron chi connectivity index (χ4n) is 2.49. The largest absolute Gasteiger partial charge is 0.389 e. The Morgan fingerprint density at radius 1 is 1.39 bits per heavy atom. The topological polar surface area (TPSA) is 38.5 Å². The number of ether oxygens (including phenoxy) is 1. The van der Waals surface area contributed by atoms with Crippen LogP contribution in [0, 0.1) is 0 Å². The molecule has 2 atom stereocenters. The van der Waals surface area contributed by atoms with Gasteiger partial charge < -0.3 is 10.5 Å². The zero-order valence-electron chi connectivity index (χ0n) is 10.9. The lowest BCUT2D eigenvalue weighted by Crippen LogP contribution is -2.44. The summed E-state index contributed by atoms with van der Waals surface area (Å²) in [6.07, 6.45) is 0.597. The van der Waals surface area contributed by atoms with Crippen molar-refractivity contribution in [2.75, 3.05) is 13.1 Å². The van der Waals surface area contributed by atoms with E-state index < -0.39 is 0 Å². The van der Waals surface area contributed by atoms with Crippen molar-refractivity contribution in [3.8, 4) is 0 Å². The molecule has 3 nitrogen and oxygen atoms in total. The average Bonchev–Trinajstić information content (AvgIpc) is 2.27. The van der Waals surface area contributed by atoms with E-state index in [9.17, 15) is 0 Å². The smallest absolute Gasteiger partial charge is 0.103 e. The molecular formula is C14H20N2OS. The van der Waals surface area contributed by atoms with Crippen molar-refractivity contribution in [2.45, 2.75) is 32.6 Å². The summed E-state index contributed by atoms with van der Waals surface area (Å²) in [7, 11) is 0. The van der Waals surface area contributed by atoms with E-state index in [-0.39, 0.29) is 0 Å². The van der Waals surface area contributed by atoms with Gasteiger partial charge in [-0.25, -0.2) is 0 Å². The van der Waals surface area contributed by atoms with E-state index in [2.05, 4.69) is 30.9 Å². The molecule has 1 aromatic rings. The van der Waals surface area contributed by atoms with Crippen LogP contribution in [0.4, 0.5) is 0 Å². The molecule has 0 radical (unpaired) electrons. The molecule has 1 aliphatic rings. The molecule has 0 saturated carbocycles. The number of hydrogen-bond acceptors (Lipinski definition) is 3. The summed E-state index contributed by atoms with van der Waals surface area (Å²) in [5, 5.41) is 0. The fourth-order valence-corrected chi connectivity index (χ4v) is 2.62. The lowest BCUT2D eigenvalue weighted by Gasteiger charge is -2.35. The molecular weight excluding hydrogens is 244 g/mol. The number of rotatable bonds is 3. The van der Waals surface area contributed by atoms with Gasteiger partial charge in [0.1, 0.15) is 4.99 Å². The monoisotopic (exact) mass is 264 g/mol. The molecule has 4 heteroatoms. The second-order valence-corrected chi connectivity index (χ2v) is 5.46. The van der Waals surface area contributed by atoms with Crippen LogP contribution in [-0.4, -0.2) is 35.2 Å². The number of thiocarbonyl (C=S) groups is 1. The van der Waals surface area contributed by atoms with Crippen molar-refractivity contribution in [2.24, 2.45) is 5.73 Å². The Hall–Kier alpha value is -0.970. The number of nitrogens with zero attached hydrogens (tertiary/aromatic N) is 1. The van der Waals surface area contributed by atoms with Crippen LogP contribution in [0.3, 0.4) is 0 Å². The van der Waals surface area contributed by atoms with Crippen LogP contribution < -0.4 is 5.73 Å². The molecule has 0 amide bonds. The molecule has 18 heavy (non-hydrogen) atoms. The maximum absolute atomic E-state index is 5.73. The van der Waals surface area contributed by atoms with Crippen LogP contribution in [0.5, 0.6) is 0 Å². The highest BCUT2D eigenvalue weighted by atomic mass is 32.1. The summed E-state index contributed by atoms with van der Waals surface area (Å²) in [5.41, 5.74) is 7.85. The maximum atomic E-state index is 5.73. The molecule has 1 aliphatic heterocycles.